The number of carbonyl (C=O) groups is 1. The highest BCUT2D eigenvalue weighted by atomic mass is 16.5. The largest absolute Gasteiger partial charge is 0.453 e. The van der Waals surface area contributed by atoms with Crippen molar-refractivity contribution >= 4 is 5.91 Å². The molecule has 1 amide bonds. The van der Waals surface area contributed by atoms with E-state index >= 15 is 0 Å². The van der Waals surface area contributed by atoms with Gasteiger partial charge in [-0.25, -0.2) is 0 Å². The number of rotatable bonds is 5. The van der Waals surface area contributed by atoms with Gasteiger partial charge in [-0.05, 0) is 31.4 Å². The molecule has 0 radical (unpaired) electrons. The van der Waals surface area contributed by atoms with Crippen LogP contribution in [0.3, 0.4) is 0 Å². The molecule has 0 saturated carbocycles. The maximum Gasteiger partial charge on any atom is 0.287 e. The molecule has 23 heavy (non-hydrogen) atoms. The Morgan fingerprint density at radius 2 is 2.09 bits per heavy atom. The van der Waals surface area contributed by atoms with E-state index < -0.39 is 0 Å². The summed E-state index contributed by atoms with van der Waals surface area (Å²) < 4.78 is 11.3. The minimum absolute atomic E-state index is 0.0109. The van der Waals surface area contributed by atoms with E-state index in [2.05, 4.69) is 17.4 Å². The Bertz CT molecular complexity index is 665. The number of amides is 1. The monoisotopic (exact) mass is 315 g/mol. The zero-order valence-corrected chi connectivity index (χ0v) is 13.1. The van der Waals surface area contributed by atoms with Crippen molar-refractivity contribution in [1.82, 2.24) is 5.32 Å². The Morgan fingerprint density at radius 1 is 1.30 bits per heavy atom. The first-order chi connectivity index (χ1) is 11.2. The van der Waals surface area contributed by atoms with Crippen LogP contribution >= 0.6 is 0 Å². The van der Waals surface area contributed by atoms with Crippen molar-refractivity contribution in [2.24, 2.45) is 0 Å². The lowest BCUT2D eigenvalue weighted by Crippen LogP contribution is -2.32. The minimum atomic E-state index is -0.269. The number of hydrogen-bond acceptors (Lipinski definition) is 4. The first-order valence-electron chi connectivity index (χ1n) is 7.86. The fourth-order valence-electron chi connectivity index (χ4n) is 2.91. The Hall–Kier alpha value is -2.11. The molecule has 2 atom stereocenters. The topological polar surface area (TPSA) is 71.7 Å². The molecule has 0 bridgehead atoms. The summed E-state index contributed by atoms with van der Waals surface area (Å²) in [7, 11) is 0. The highest BCUT2D eigenvalue weighted by molar-refractivity contribution is 5.92. The minimum Gasteiger partial charge on any atom is -0.453 e. The summed E-state index contributed by atoms with van der Waals surface area (Å²) in [6.45, 7) is 2.03. The number of furan rings is 1. The normalized spacial score (nSPS) is 20.6. The van der Waals surface area contributed by atoms with Gasteiger partial charge in [0.25, 0.3) is 5.91 Å². The van der Waals surface area contributed by atoms with E-state index in [1.165, 1.54) is 5.56 Å². The van der Waals surface area contributed by atoms with Crippen LogP contribution < -0.4 is 5.32 Å². The zero-order chi connectivity index (χ0) is 16.2. The summed E-state index contributed by atoms with van der Waals surface area (Å²) in [6, 6.07) is 11.8. The third-order valence-corrected chi connectivity index (χ3v) is 4.10. The van der Waals surface area contributed by atoms with Crippen molar-refractivity contribution in [2.75, 3.05) is 6.54 Å². The maximum absolute atomic E-state index is 12.2. The zero-order valence-electron chi connectivity index (χ0n) is 13.1. The van der Waals surface area contributed by atoms with Crippen LogP contribution in [0.2, 0.25) is 0 Å². The van der Waals surface area contributed by atoms with Crippen LogP contribution in [0.1, 0.15) is 46.4 Å². The van der Waals surface area contributed by atoms with Crippen molar-refractivity contribution < 1.29 is 19.1 Å². The lowest BCUT2D eigenvalue weighted by molar-refractivity contribution is 0.0432. The van der Waals surface area contributed by atoms with E-state index in [-0.39, 0.29) is 30.5 Å². The summed E-state index contributed by atoms with van der Waals surface area (Å²) in [5.41, 5.74) is 1.90. The molecule has 0 spiro atoms. The quantitative estimate of drug-likeness (QED) is 0.890. The van der Waals surface area contributed by atoms with E-state index in [0.717, 1.165) is 18.4 Å². The van der Waals surface area contributed by atoms with Gasteiger partial charge < -0.3 is 19.6 Å². The van der Waals surface area contributed by atoms with Crippen molar-refractivity contribution in [3.63, 3.8) is 0 Å². The molecule has 5 heteroatoms. The van der Waals surface area contributed by atoms with Gasteiger partial charge in [0.1, 0.15) is 12.4 Å². The first kappa shape index (κ1) is 15.8. The standard InChI is InChI=1S/C18H21NO4/c1-12-9-15(11-20)23-17(12)18(21)19-10-14-7-8-16(22-14)13-5-3-2-4-6-13/h2-6,9,14,16,20H,7-8,10-11H2,1H3,(H,19,21)/t14-,16+/m1/s1. The third kappa shape index (κ3) is 3.63. The summed E-state index contributed by atoms with van der Waals surface area (Å²) in [5, 5.41) is 11.9. The molecule has 2 heterocycles. The number of nitrogens with one attached hydrogen (secondary N) is 1. The van der Waals surface area contributed by atoms with Crippen molar-refractivity contribution in [1.29, 1.82) is 0 Å². The van der Waals surface area contributed by atoms with Crippen molar-refractivity contribution in [3.8, 4) is 0 Å². The van der Waals surface area contributed by atoms with Crippen LogP contribution in [0.4, 0.5) is 0 Å². The maximum atomic E-state index is 12.2. The molecule has 1 aromatic heterocycles. The van der Waals surface area contributed by atoms with E-state index in [1.807, 2.05) is 18.2 Å². The van der Waals surface area contributed by atoms with Crippen LogP contribution in [-0.2, 0) is 11.3 Å². The number of aliphatic hydroxyl groups is 1. The second kappa shape index (κ2) is 6.98. The Labute approximate surface area is 135 Å². The SMILES string of the molecule is Cc1cc(CO)oc1C(=O)NC[C@H]1CC[C@@H](c2ccccc2)O1. The number of carbonyl (C=O) groups excluding carboxylic acids is 1. The van der Waals surface area contributed by atoms with Gasteiger partial charge in [0.2, 0.25) is 0 Å². The highest BCUT2D eigenvalue weighted by Crippen LogP contribution is 2.32. The average Bonchev–Trinajstić information content (AvgIpc) is 3.20. The number of aryl methyl sites for hydroxylation is 1. The summed E-state index contributed by atoms with van der Waals surface area (Å²) in [6.07, 6.45) is 1.99. The van der Waals surface area contributed by atoms with Gasteiger partial charge in [0.15, 0.2) is 5.76 Å². The molecule has 2 N–H and O–H groups in total. The van der Waals surface area contributed by atoms with Gasteiger partial charge in [-0.15, -0.1) is 0 Å². The molecule has 2 aromatic rings. The Morgan fingerprint density at radius 3 is 2.78 bits per heavy atom. The van der Waals surface area contributed by atoms with Crippen molar-refractivity contribution in [2.45, 2.75) is 38.6 Å². The summed E-state index contributed by atoms with van der Waals surface area (Å²) in [4.78, 5) is 12.2. The smallest absolute Gasteiger partial charge is 0.287 e. The van der Waals surface area contributed by atoms with Crippen LogP contribution in [0.5, 0.6) is 0 Å². The fraction of sp³-hybridized carbons (Fsp3) is 0.389. The lowest BCUT2D eigenvalue weighted by Gasteiger charge is -2.14. The third-order valence-electron chi connectivity index (χ3n) is 4.10. The number of aliphatic hydroxyl groups excluding tert-OH is 1. The fourth-order valence-corrected chi connectivity index (χ4v) is 2.91. The van der Waals surface area contributed by atoms with Gasteiger partial charge in [-0.2, -0.15) is 0 Å². The van der Waals surface area contributed by atoms with E-state index in [9.17, 15) is 4.79 Å². The lowest BCUT2D eigenvalue weighted by atomic mass is 10.1. The molecule has 0 unspecified atom stereocenters. The van der Waals surface area contributed by atoms with E-state index in [1.54, 1.807) is 13.0 Å². The number of ether oxygens (including phenoxy) is 1. The van der Waals surface area contributed by atoms with Gasteiger partial charge in [-0.1, -0.05) is 30.3 Å². The second-order valence-corrected chi connectivity index (χ2v) is 5.83. The highest BCUT2D eigenvalue weighted by Gasteiger charge is 2.27. The molecule has 1 fully saturated rings. The molecule has 5 nitrogen and oxygen atoms in total. The molecule has 1 saturated heterocycles. The Balaban J connectivity index is 1.53. The summed E-state index contributed by atoms with van der Waals surface area (Å²) >= 11 is 0. The molecular weight excluding hydrogens is 294 g/mol. The second-order valence-electron chi connectivity index (χ2n) is 5.83. The van der Waals surface area contributed by atoms with Gasteiger partial charge >= 0.3 is 0 Å². The molecule has 0 aliphatic carbocycles. The van der Waals surface area contributed by atoms with Gasteiger partial charge in [0, 0.05) is 12.1 Å². The number of benzene rings is 1. The molecule has 122 valence electrons. The molecule has 1 aliphatic heterocycles. The molecular formula is C18H21NO4. The molecule has 1 aromatic carbocycles. The van der Waals surface area contributed by atoms with E-state index in [4.69, 9.17) is 14.3 Å². The Kier molecular flexibility index (Phi) is 4.79. The first-order valence-corrected chi connectivity index (χ1v) is 7.86. The van der Waals surface area contributed by atoms with Crippen LogP contribution in [-0.4, -0.2) is 23.7 Å². The van der Waals surface area contributed by atoms with Crippen LogP contribution in [0.25, 0.3) is 0 Å². The predicted octanol–water partition coefficient (Wildman–Crippen LogP) is 2.73. The predicted molar refractivity (Wildman–Crippen MR) is 85.0 cm³/mol. The van der Waals surface area contributed by atoms with Gasteiger partial charge in [0.05, 0.1) is 12.2 Å². The number of hydrogen-bond donors (Lipinski definition) is 2. The van der Waals surface area contributed by atoms with Crippen molar-refractivity contribution in [3.05, 3.63) is 59.0 Å². The van der Waals surface area contributed by atoms with Crippen LogP contribution in [0.15, 0.2) is 40.8 Å². The molecule has 1 aliphatic rings. The van der Waals surface area contributed by atoms with Crippen LogP contribution in [0, 0.1) is 6.92 Å². The van der Waals surface area contributed by atoms with Gasteiger partial charge in [-0.3, -0.25) is 4.79 Å². The summed E-state index contributed by atoms with van der Waals surface area (Å²) in [5.74, 6) is 0.384. The molecule has 3 rings (SSSR count). The van der Waals surface area contributed by atoms with E-state index in [0.29, 0.717) is 12.3 Å². The average molecular weight is 315 g/mol.